The number of rotatable bonds is 4. The molecule has 1 aliphatic heterocycles. The maximum atomic E-state index is 12.3. The molecule has 0 saturated heterocycles. The van der Waals surface area contributed by atoms with E-state index in [9.17, 15) is 4.79 Å². The molecule has 1 fully saturated rings. The fourth-order valence-corrected chi connectivity index (χ4v) is 3.55. The van der Waals surface area contributed by atoms with Crippen LogP contribution < -0.4 is 10.6 Å². The molecule has 3 rings (SSSR count). The quantitative estimate of drug-likeness (QED) is 0.898. The van der Waals surface area contributed by atoms with Crippen molar-refractivity contribution in [3.05, 3.63) is 11.6 Å². The minimum Gasteiger partial charge on any atom is -0.335 e. The van der Waals surface area contributed by atoms with Crippen LogP contribution in [0, 0.1) is 5.92 Å². The number of hydrogen-bond acceptors (Lipinski definition) is 3. The standard InChI is InChI=1S/C16H27N5O/c1-11(2)14(15-20-19-13-9-6-10-21(13)15)18-16(22)17-12-7-4-3-5-8-12/h11-12,14H,3-10H2,1-2H3,(H2,17,18,22). The first-order valence-corrected chi connectivity index (χ1v) is 8.64. The molecular formula is C16H27N5O. The van der Waals surface area contributed by atoms with Crippen molar-refractivity contribution in [3.8, 4) is 0 Å². The second-order valence-electron chi connectivity index (χ2n) is 6.90. The van der Waals surface area contributed by atoms with E-state index in [1.54, 1.807) is 0 Å². The van der Waals surface area contributed by atoms with Gasteiger partial charge in [-0.1, -0.05) is 33.1 Å². The summed E-state index contributed by atoms with van der Waals surface area (Å²) in [6.45, 7) is 5.19. The number of hydrogen-bond donors (Lipinski definition) is 2. The van der Waals surface area contributed by atoms with Crippen LogP contribution in [0.2, 0.25) is 0 Å². The summed E-state index contributed by atoms with van der Waals surface area (Å²) in [5.74, 6) is 2.24. The minimum absolute atomic E-state index is 0.0686. The lowest BCUT2D eigenvalue weighted by Gasteiger charge is -2.26. The largest absolute Gasteiger partial charge is 0.335 e. The van der Waals surface area contributed by atoms with Crippen molar-refractivity contribution < 1.29 is 4.79 Å². The first kappa shape index (κ1) is 15.3. The Labute approximate surface area is 132 Å². The lowest BCUT2D eigenvalue weighted by Crippen LogP contribution is -2.45. The summed E-state index contributed by atoms with van der Waals surface area (Å²) in [6.07, 6.45) is 8.04. The van der Waals surface area contributed by atoms with Crippen LogP contribution in [0.4, 0.5) is 4.79 Å². The van der Waals surface area contributed by atoms with E-state index < -0.39 is 0 Å². The summed E-state index contributed by atoms with van der Waals surface area (Å²) in [5.41, 5.74) is 0. The molecule has 0 aromatic carbocycles. The number of fused-ring (bicyclic) bond motifs is 1. The second-order valence-corrected chi connectivity index (χ2v) is 6.90. The molecule has 1 unspecified atom stereocenters. The average molecular weight is 305 g/mol. The molecule has 2 N–H and O–H groups in total. The highest BCUT2D eigenvalue weighted by molar-refractivity contribution is 5.74. The van der Waals surface area contributed by atoms with Crippen molar-refractivity contribution in [1.29, 1.82) is 0 Å². The molecule has 22 heavy (non-hydrogen) atoms. The number of carbonyl (C=O) groups is 1. The SMILES string of the molecule is CC(C)C(NC(=O)NC1CCCCC1)c1nnc2n1CCC2. The molecule has 6 nitrogen and oxygen atoms in total. The van der Waals surface area contributed by atoms with Crippen LogP contribution in [0.1, 0.15) is 70.1 Å². The van der Waals surface area contributed by atoms with Crippen LogP contribution in [0.15, 0.2) is 0 Å². The lowest BCUT2D eigenvalue weighted by molar-refractivity contribution is 0.223. The van der Waals surface area contributed by atoms with E-state index in [2.05, 4.69) is 39.2 Å². The van der Waals surface area contributed by atoms with Gasteiger partial charge in [0.05, 0.1) is 6.04 Å². The van der Waals surface area contributed by atoms with Crippen LogP contribution in [-0.4, -0.2) is 26.8 Å². The minimum atomic E-state index is -0.0806. The van der Waals surface area contributed by atoms with Crippen molar-refractivity contribution in [2.75, 3.05) is 0 Å². The molecule has 2 amide bonds. The van der Waals surface area contributed by atoms with Crippen LogP contribution in [0.3, 0.4) is 0 Å². The summed E-state index contributed by atoms with van der Waals surface area (Å²) in [6, 6.07) is 0.176. The fourth-order valence-electron chi connectivity index (χ4n) is 3.55. The van der Waals surface area contributed by atoms with Gasteiger partial charge in [0.2, 0.25) is 0 Å². The maximum Gasteiger partial charge on any atom is 0.315 e. The predicted octanol–water partition coefficient (Wildman–Crippen LogP) is 2.55. The molecule has 122 valence electrons. The van der Waals surface area contributed by atoms with Gasteiger partial charge in [0.1, 0.15) is 5.82 Å². The van der Waals surface area contributed by atoms with Gasteiger partial charge in [-0.05, 0) is 25.2 Å². The number of nitrogens with zero attached hydrogens (tertiary/aromatic N) is 3. The molecule has 6 heteroatoms. The van der Waals surface area contributed by atoms with E-state index in [4.69, 9.17) is 0 Å². The highest BCUT2D eigenvalue weighted by Gasteiger charge is 2.28. The van der Waals surface area contributed by atoms with Gasteiger partial charge in [0.25, 0.3) is 0 Å². The first-order chi connectivity index (χ1) is 10.6. The molecule has 2 aliphatic rings. The normalized spacial score (nSPS) is 20.0. The smallest absolute Gasteiger partial charge is 0.315 e. The summed E-state index contributed by atoms with van der Waals surface area (Å²) < 4.78 is 2.17. The monoisotopic (exact) mass is 305 g/mol. The third kappa shape index (κ3) is 3.25. The van der Waals surface area contributed by atoms with Gasteiger partial charge in [-0.25, -0.2) is 4.79 Å². The summed E-state index contributed by atoms with van der Waals surface area (Å²) in [4.78, 5) is 12.3. The van der Waals surface area contributed by atoms with Gasteiger partial charge >= 0.3 is 6.03 Å². The van der Waals surface area contributed by atoms with Crippen molar-refractivity contribution in [3.63, 3.8) is 0 Å². The zero-order valence-electron chi connectivity index (χ0n) is 13.6. The van der Waals surface area contributed by atoms with Crippen molar-refractivity contribution in [2.45, 2.75) is 77.4 Å². The average Bonchev–Trinajstić information content (AvgIpc) is 3.09. The van der Waals surface area contributed by atoms with E-state index in [-0.39, 0.29) is 18.0 Å². The van der Waals surface area contributed by atoms with Gasteiger partial charge in [-0.15, -0.1) is 10.2 Å². The Balaban J connectivity index is 1.65. The molecule has 0 bridgehead atoms. The molecular weight excluding hydrogens is 278 g/mol. The van der Waals surface area contributed by atoms with Gasteiger partial charge in [-0.2, -0.15) is 0 Å². The van der Waals surface area contributed by atoms with Crippen LogP contribution in [0.25, 0.3) is 0 Å². The molecule has 1 aromatic rings. The van der Waals surface area contributed by atoms with E-state index in [1.807, 2.05) is 0 Å². The molecule has 1 aromatic heterocycles. The molecule has 1 aliphatic carbocycles. The van der Waals surface area contributed by atoms with E-state index in [1.165, 1.54) is 19.3 Å². The van der Waals surface area contributed by atoms with Gasteiger partial charge in [0.15, 0.2) is 5.82 Å². The summed E-state index contributed by atoms with van der Waals surface area (Å²) in [7, 11) is 0. The van der Waals surface area contributed by atoms with Gasteiger partial charge < -0.3 is 15.2 Å². The molecule has 1 saturated carbocycles. The number of nitrogens with one attached hydrogen (secondary N) is 2. The van der Waals surface area contributed by atoms with Crippen LogP contribution in [-0.2, 0) is 13.0 Å². The number of amides is 2. The van der Waals surface area contributed by atoms with E-state index in [0.717, 1.165) is 43.9 Å². The van der Waals surface area contributed by atoms with E-state index >= 15 is 0 Å². The second kappa shape index (κ2) is 6.67. The lowest BCUT2D eigenvalue weighted by atomic mass is 9.96. The summed E-state index contributed by atoms with van der Waals surface area (Å²) in [5, 5.41) is 14.8. The number of aromatic nitrogens is 3. The van der Waals surface area contributed by atoms with Crippen molar-refractivity contribution in [1.82, 2.24) is 25.4 Å². The zero-order chi connectivity index (χ0) is 15.5. The van der Waals surface area contributed by atoms with Crippen LogP contribution in [0.5, 0.6) is 0 Å². The Morgan fingerprint density at radius 2 is 1.95 bits per heavy atom. The molecule has 0 spiro atoms. The number of aryl methyl sites for hydroxylation is 1. The van der Waals surface area contributed by atoms with Gasteiger partial charge in [0, 0.05) is 19.0 Å². The zero-order valence-corrected chi connectivity index (χ0v) is 13.6. The highest BCUT2D eigenvalue weighted by Crippen LogP contribution is 2.24. The van der Waals surface area contributed by atoms with Gasteiger partial charge in [-0.3, -0.25) is 0 Å². The highest BCUT2D eigenvalue weighted by atomic mass is 16.2. The molecule has 2 heterocycles. The first-order valence-electron chi connectivity index (χ1n) is 8.64. The Morgan fingerprint density at radius 1 is 1.18 bits per heavy atom. The number of carbonyl (C=O) groups excluding carboxylic acids is 1. The van der Waals surface area contributed by atoms with E-state index in [0.29, 0.717) is 6.04 Å². The molecule has 0 radical (unpaired) electrons. The maximum absolute atomic E-state index is 12.3. The fraction of sp³-hybridized carbons (Fsp3) is 0.812. The Morgan fingerprint density at radius 3 is 2.68 bits per heavy atom. The van der Waals surface area contributed by atoms with Crippen molar-refractivity contribution >= 4 is 6.03 Å². The summed E-state index contributed by atoms with van der Waals surface area (Å²) >= 11 is 0. The third-order valence-electron chi connectivity index (χ3n) is 4.81. The third-order valence-corrected chi connectivity index (χ3v) is 4.81. The predicted molar refractivity (Wildman–Crippen MR) is 84.5 cm³/mol. The molecule has 1 atom stereocenters. The Hall–Kier alpha value is -1.59. The Bertz CT molecular complexity index is 519. The van der Waals surface area contributed by atoms with Crippen molar-refractivity contribution in [2.24, 2.45) is 5.92 Å². The number of urea groups is 1. The van der Waals surface area contributed by atoms with Crippen LogP contribution >= 0.6 is 0 Å². The topological polar surface area (TPSA) is 71.8 Å². The Kier molecular flexibility index (Phi) is 4.64.